The van der Waals surface area contributed by atoms with Crippen molar-refractivity contribution in [2.24, 2.45) is 0 Å². The van der Waals surface area contributed by atoms with E-state index in [9.17, 15) is 0 Å². The number of nitrogens with one attached hydrogen (secondary N) is 1. The van der Waals surface area contributed by atoms with Gasteiger partial charge in [-0.2, -0.15) is 0 Å². The first-order valence-corrected chi connectivity index (χ1v) is 7.63. The lowest BCUT2D eigenvalue weighted by molar-refractivity contribution is 0.634. The molecule has 20 heavy (non-hydrogen) atoms. The van der Waals surface area contributed by atoms with Gasteiger partial charge in [0.05, 0.1) is 0 Å². The first-order valence-electron chi connectivity index (χ1n) is 7.63. The van der Waals surface area contributed by atoms with E-state index in [4.69, 9.17) is 0 Å². The second-order valence-electron chi connectivity index (χ2n) is 6.12. The number of anilines is 1. The average Bonchev–Trinajstić information content (AvgIpc) is 2.72. The molecule has 1 aliphatic carbocycles. The smallest absolute Gasteiger partial charge is 0.0420 e. The minimum atomic E-state index is 0.0889. The van der Waals surface area contributed by atoms with Gasteiger partial charge in [-0.15, -0.1) is 0 Å². The Morgan fingerprint density at radius 3 is 2.10 bits per heavy atom. The molecule has 0 aromatic heterocycles. The Morgan fingerprint density at radius 1 is 1.00 bits per heavy atom. The van der Waals surface area contributed by atoms with Crippen molar-refractivity contribution in [1.82, 2.24) is 0 Å². The van der Waals surface area contributed by atoms with Gasteiger partial charge in [0, 0.05) is 16.8 Å². The molecule has 0 heterocycles. The van der Waals surface area contributed by atoms with Crippen LogP contribution in [0.5, 0.6) is 0 Å². The SMILES string of the molecule is CC.CC1=CCC(c2ccccc2NC(C)(C)C)=C1C. The zero-order valence-electron chi connectivity index (χ0n) is 14.1. The summed E-state index contributed by atoms with van der Waals surface area (Å²) in [6, 6.07) is 8.62. The van der Waals surface area contributed by atoms with Crippen LogP contribution in [0.1, 0.15) is 60.5 Å². The van der Waals surface area contributed by atoms with Gasteiger partial charge in [0.1, 0.15) is 0 Å². The third kappa shape index (κ3) is 4.00. The summed E-state index contributed by atoms with van der Waals surface area (Å²) in [5.74, 6) is 0. The van der Waals surface area contributed by atoms with Gasteiger partial charge >= 0.3 is 0 Å². The van der Waals surface area contributed by atoms with Crippen LogP contribution in [-0.2, 0) is 0 Å². The molecule has 0 spiro atoms. The minimum Gasteiger partial charge on any atom is -0.380 e. The van der Waals surface area contributed by atoms with Crippen LogP contribution >= 0.6 is 0 Å². The molecule has 0 radical (unpaired) electrons. The Kier molecular flexibility index (Phi) is 5.62. The van der Waals surface area contributed by atoms with Crippen LogP contribution in [0.15, 0.2) is 41.5 Å². The van der Waals surface area contributed by atoms with Gasteiger partial charge in [0.25, 0.3) is 0 Å². The molecule has 1 aromatic rings. The second kappa shape index (κ2) is 6.78. The molecular formula is C19H29N. The van der Waals surface area contributed by atoms with Crippen molar-refractivity contribution in [1.29, 1.82) is 0 Å². The molecule has 0 fully saturated rings. The van der Waals surface area contributed by atoms with E-state index in [2.05, 4.69) is 70.3 Å². The van der Waals surface area contributed by atoms with Crippen molar-refractivity contribution >= 4 is 11.3 Å². The fourth-order valence-corrected chi connectivity index (χ4v) is 2.37. The summed E-state index contributed by atoms with van der Waals surface area (Å²) in [7, 11) is 0. The highest BCUT2D eigenvalue weighted by Gasteiger charge is 2.17. The summed E-state index contributed by atoms with van der Waals surface area (Å²) >= 11 is 0. The second-order valence-corrected chi connectivity index (χ2v) is 6.12. The van der Waals surface area contributed by atoms with E-state index in [-0.39, 0.29) is 5.54 Å². The molecule has 0 bridgehead atoms. The standard InChI is InChI=1S/C17H23N.C2H6/c1-12-10-11-14(13(12)2)15-8-6-7-9-16(15)18-17(3,4)5;1-2/h6-10,18H,11H2,1-5H3;1-2H3. The summed E-state index contributed by atoms with van der Waals surface area (Å²) in [6.07, 6.45) is 3.37. The third-order valence-corrected chi connectivity index (χ3v) is 3.42. The van der Waals surface area contributed by atoms with Crippen LogP contribution in [0, 0.1) is 0 Å². The summed E-state index contributed by atoms with van der Waals surface area (Å²) in [6.45, 7) is 15.0. The number of hydrogen-bond donors (Lipinski definition) is 1. The zero-order chi connectivity index (χ0) is 15.3. The predicted octanol–water partition coefficient (Wildman–Crippen LogP) is 6.05. The Balaban J connectivity index is 0.000000956. The Bertz CT molecular complexity index is 513. The molecule has 0 amide bonds. The van der Waals surface area contributed by atoms with E-state index < -0.39 is 0 Å². The number of benzene rings is 1. The zero-order valence-corrected chi connectivity index (χ0v) is 14.1. The van der Waals surface area contributed by atoms with Gasteiger partial charge in [-0.25, -0.2) is 0 Å². The lowest BCUT2D eigenvalue weighted by atomic mass is 9.97. The van der Waals surface area contributed by atoms with Crippen molar-refractivity contribution in [3.8, 4) is 0 Å². The summed E-state index contributed by atoms with van der Waals surface area (Å²) in [4.78, 5) is 0. The van der Waals surface area contributed by atoms with Crippen LogP contribution in [-0.4, -0.2) is 5.54 Å². The van der Waals surface area contributed by atoms with Gasteiger partial charge in [-0.05, 0) is 58.3 Å². The number of allylic oxidation sites excluding steroid dienone is 4. The molecule has 0 atom stereocenters. The average molecular weight is 271 g/mol. The highest BCUT2D eigenvalue weighted by Crippen LogP contribution is 2.37. The molecule has 2 rings (SSSR count). The molecule has 1 nitrogen and oxygen atoms in total. The lowest BCUT2D eigenvalue weighted by Crippen LogP contribution is -2.26. The summed E-state index contributed by atoms with van der Waals surface area (Å²) in [5.41, 5.74) is 6.97. The lowest BCUT2D eigenvalue weighted by Gasteiger charge is -2.25. The molecule has 0 aliphatic heterocycles. The van der Waals surface area contributed by atoms with Crippen LogP contribution in [0.2, 0.25) is 0 Å². The fraction of sp³-hybridized carbons (Fsp3) is 0.474. The van der Waals surface area contributed by atoms with Crippen molar-refractivity contribution in [3.05, 3.63) is 47.1 Å². The van der Waals surface area contributed by atoms with Crippen LogP contribution in [0.25, 0.3) is 5.57 Å². The maximum absolute atomic E-state index is 3.60. The minimum absolute atomic E-state index is 0.0889. The largest absolute Gasteiger partial charge is 0.380 e. The van der Waals surface area contributed by atoms with E-state index in [1.165, 1.54) is 28.0 Å². The first-order chi connectivity index (χ1) is 9.38. The quantitative estimate of drug-likeness (QED) is 0.690. The molecular weight excluding hydrogens is 242 g/mol. The summed E-state index contributed by atoms with van der Waals surface area (Å²) in [5, 5.41) is 3.60. The highest BCUT2D eigenvalue weighted by atomic mass is 15.0. The number of hydrogen-bond acceptors (Lipinski definition) is 1. The third-order valence-electron chi connectivity index (χ3n) is 3.42. The van der Waals surface area contributed by atoms with E-state index in [0.29, 0.717) is 0 Å². The Labute approximate surface area is 124 Å². The van der Waals surface area contributed by atoms with Crippen LogP contribution in [0.3, 0.4) is 0 Å². The van der Waals surface area contributed by atoms with Crippen molar-refractivity contribution in [2.75, 3.05) is 5.32 Å². The van der Waals surface area contributed by atoms with Gasteiger partial charge in [0.15, 0.2) is 0 Å². The van der Waals surface area contributed by atoms with Crippen LogP contribution in [0.4, 0.5) is 5.69 Å². The van der Waals surface area contributed by atoms with E-state index in [1.54, 1.807) is 0 Å². The number of para-hydroxylation sites is 1. The summed E-state index contributed by atoms with van der Waals surface area (Å²) < 4.78 is 0. The van der Waals surface area contributed by atoms with E-state index in [0.717, 1.165) is 6.42 Å². The van der Waals surface area contributed by atoms with Crippen molar-refractivity contribution < 1.29 is 0 Å². The maximum Gasteiger partial charge on any atom is 0.0420 e. The first kappa shape index (κ1) is 16.6. The fourth-order valence-electron chi connectivity index (χ4n) is 2.37. The molecule has 1 aromatic carbocycles. The molecule has 0 unspecified atom stereocenters. The molecule has 1 heteroatoms. The molecule has 110 valence electrons. The monoisotopic (exact) mass is 271 g/mol. The van der Waals surface area contributed by atoms with Crippen molar-refractivity contribution in [2.45, 2.75) is 60.4 Å². The molecule has 1 aliphatic rings. The molecule has 1 N–H and O–H groups in total. The molecule has 0 saturated carbocycles. The van der Waals surface area contributed by atoms with Gasteiger partial charge in [-0.3, -0.25) is 0 Å². The topological polar surface area (TPSA) is 12.0 Å². The van der Waals surface area contributed by atoms with Crippen molar-refractivity contribution in [3.63, 3.8) is 0 Å². The highest BCUT2D eigenvalue weighted by molar-refractivity contribution is 5.83. The van der Waals surface area contributed by atoms with Gasteiger partial charge in [-0.1, -0.05) is 43.7 Å². The van der Waals surface area contributed by atoms with Gasteiger partial charge in [0.2, 0.25) is 0 Å². The Morgan fingerprint density at radius 2 is 1.60 bits per heavy atom. The van der Waals surface area contributed by atoms with Crippen LogP contribution < -0.4 is 5.32 Å². The Hall–Kier alpha value is -1.50. The maximum atomic E-state index is 3.60. The molecule has 0 saturated heterocycles. The number of rotatable bonds is 2. The normalized spacial score (nSPS) is 14.7. The van der Waals surface area contributed by atoms with E-state index >= 15 is 0 Å². The van der Waals surface area contributed by atoms with E-state index in [1.807, 2.05) is 13.8 Å². The predicted molar refractivity (Wildman–Crippen MR) is 92.1 cm³/mol. The van der Waals surface area contributed by atoms with Gasteiger partial charge < -0.3 is 5.32 Å².